The van der Waals surface area contributed by atoms with E-state index in [4.69, 9.17) is 18.9 Å². The van der Waals surface area contributed by atoms with Gasteiger partial charge in [0.05, 0.1) is 33.5 Å². The van der Waals surface area contributed by atoms with Gasteiger partial charge in [0, 0.05) is 0 Å². The molecule has 1 heterocycles. The molecule has 228 valence electrons. The summed E-state index contributed by atoms with van der Waals surface area (Å²) in [5.41, 5.74) is -0.793. The minimum Gasteiger partial charge on any atom is -0.467 e. The predicted octanol–water partition coefficient (Wildman–Crippen LogP) is 0.812. The number of carbonyl (C=O) groups excluding carboxylic acids is 5. The van der Waals surface area contributed by atoms with Crippen molar-refractivity contribution in [1.82, 2.24) is 21.3 Å². The summed E-state index contributed by atoms with van der Waals surface area (Å²) in [5.74, 6) is -2.91. The van der Waals surface area contributed by atoms with Crippen LogP contribution < -0.4 is 21.3 Å². The van der Waals surface area contributed by atoms with Crippen LogP contribution in [-0.2, 0) is 38.1 Å². The Balaban J connectivity index is 3.28. The van der Waals surface area contributed by atoms with Crippen LogP contribution in [0.5, 0.6) is 0 Å². The summed E-state index contributed by atoms with van der Waals surface area (Å²) in [6.07, 6.45) is 2.73. The molecule has 4 amide bonds. The molecule has 0 unspecified atom stereocenters. The van der Waals surface area contributed by atoms with Crippen LogP contribution in [0.3, 0.4) is 0 Å². The monoisotopic (exact) mass is 570 g/mol. The fraction of sp³-hybridized carbons (Fsp3) is 0.741. The van der Waals surface area contributed by atoms with Crippen LogP contribution in [0.25, 0.3) is 0 Å². The zero-order valence-electron chi connectivity index (χ0n) is 24.8. The maximum Gasteiger partial charge on any atom is 0.408 e. The molecule has 4 atom stereocenters. The Morgan fingerprint density at radius 1 is 0.950 bits per heavy atom. The van der Waals surface area contributed by atoms with E-state index in [1.54, 1.807) is 46.8 Å². The molecule has 40 heavy (non-hydrogen) atoms. The Hall–Kier alpha value is -3.19. The third kappa shape index (κ3) is 13.2. The van der Waals surface area contributed by atoms with Crippen LogP contribution in [0, 0.1) is 11.8 Å². The van der Waals surface area contributed by atoms with Crippen molar-refractivity contribution in [2.24, 2.45) is 11.8 Å². The van der Waals surface area contributed by atoms with Gasteiger partial charge in [-0.1, -0.05) is 39.8 Å². The van der Waals surface area contributed by atoms with Gasteiger partial charge < -0.3 is 40.2 Å². The van der Waals surface area contributed by atoms with Crippen molar-refractivity contribution in [1.29, 1.82) is 0 Å². The first-order valence-electron chi connectivity index (χ1n) is 13.4. The van der Waals surface area contributed by atoms with Crippen molar-refractivity contribution in [3.8, 4) is 0 Å². The standard InChI is InChI=1S/C27H46N4O9/c1-16(2)13-18-22(32)29-20(25(35)37-8)15-39-12-10-9-11-38-14-19(30-26(36)40-27(5,6)7)23(33)31-21(17(3)4)24(34)28-18/h9-10,16-21H,11-15H2,1-8H3,(H,28,34)(H,29,32)(H,30,36)(H,31,33)/b10-9+/t18-,19-,20-,21-/m0/s1. The van der Waals surface area contributed by atoms with Crippen LogP contribution in [0.15, 0.2) is 12.2 Å². The minimum absolute atomic E-state index is 0.0125. The zero-order chi connectivity index (χ0) is 30.5. The lowest BCUT2D eigenvalue weighted by Gasteiger charge is -2.29. The van der Waals surface area contributed by atoms with Gasteiger partial charge in [0.25, 0.3) is 0 Å². The second-order valence-corrected chi connectivity index (χ2v) is 11.3. The van der Waals surface area contributed by atoms with E-state index in [0.717, 1.165) is 0 Å². The molecular weight excluding hydrogens is 524 g/mol. The fourth-order valence-electron chi connectivity index (χ4n) is 3.61. The molecular formula is C27H46N4O9. The van der Waals surface area contributed by atoms with Crippen molar-refractivity contribution in [3.63, 3.8) is 0 Å². The first-order valence-corrected chi connectivity index (χ1v) is 13.4. The Bertz CT molecular complexity index is 899. The molecule has 0 aromatic rings. The summed E-state index contributed by atoms with van der Waals surface area (Å²) in [7, 11) is 1.20. The van der Waals surface area contributed by atoms with Crippen molar-refractivity contribution < 1.29 is 42.9 Å². The summed E-state index contributed by atoms with van der Waals surface area (Å²) >= 11 is 0. The molecule has 0 spiro atoms. The van der Waals surface area contributed by atoms with E-state index in [1.165, 1.54) is 7.11 Å². The van der Waals surface area contributed by atoms with Gasteiger partial charge in [0.1, 0.15) is 23.7 Å². The third-order valence-corrected chi connectivity index (χ3v) is 5.56. The number of carbonyl (C=O) groups is 5. The normalized spacial score (nSPS) is 25.1. The summed E-state index contributed by atoms with van der Waals surface area (Å²) in [6, 6.07) is -4.30. The van der Waals surface area contributed by atoms with Gasteiger partial charge in [0.2, 0.25) is 17.7 Å². The van der Waals surface area contributed by atoms with Crippen LogP contribution in [0.1, 0.15) is 54.9 Å². The second kappa shape index (κ2) is 16.8. The Kier molecular flexibility index (Phi) is 14.6. The number of methoxy groups -OCH3 is 1. The lowest BCUT2D eigenvalue weighted by atomic mass is 9.99. The number of hydrogen-bond acceptors (Lipinski definition) is 9. The van der Waals surface area contributed by atoms with Crippen molar-refractivity contribution >= 4 is 29.8 Å². The molecule has 4 N–H and O–H groups in total. The van der Waals surface area contributed by atoms with Gasteiger partial charge in [0.15, 0.2) is 6.04 Å². The van der Waals surface area contributed by atoms with E-state index in [0.29, 0.717) is 0 Å². The number of alkyl carbamates (subject to hydrolysis) is 1. The summed E-state index contributed by atoms with van der Waals surface area (Å²) in [5, 5.41) is 10.5. The topological polar surface area (TPSA) is 170 Å². The Labute approximate surface area is 236 Å². The lowest BCUT2D eigenvalue weighted by molar-refractivity contribution is -0.147. The van der Waals surface area contributed by atoms with Crippen LogP contribution >= 0.6 is 0 Å². The fourth-order valence-corrected chi connectivity index (χ4v) is 3.61. The van der Waals surface area contributed by atoms with E-state index < -0.39 is 59.6 Å². The molecule has 13 heteroatoms. The molecule has 0 bridgehead atoms. The Morgan fingerprint density at radius 3 is 2.08 bits per heavy atom. The van der Waals surface area contributed by atoms with Gasteiger partial charge in [-0.05, 0) is 39.0 Å². The third-order valence-electron chi connectivity index (χ3n) is 5.56. The number of rotatable bonds is 5. The molecule has 0 radical (unpaired) electrons. The second-order valence-electron chi connectivity index (χ2n) is 11.3. The summed E-state index contributed by atoms with van der Waals surface area (Å²) in [6.45, 7) is 12.1. The number of hydrogen-bond donors (Lipinski definition) is 4. The Morgan fingerprint density at radius 2 is 1.55 bits per heavy atom. The smallest absolute Gasteiger partial charge is 0.408 e. The molecule has 0 saturated carbocycles. The average Bonchev–Trinajstić information content (AvgIpc) is 2.83. The molecule has 0 aromatic heterocycles. The molecule has 13 nitrogen and oxygen atoms in total. The van der Waals surface area contributed by atoms with Gasteiger partial charge >= 0.3 is 12.1 Å². The SMILES string of the molecule is COC(=O)[C@@H]1COC/C=C/COC[C@H](NC(=O)OC(C)(C)C)C(=O)N[C@@H](C(C)C)C(=O)N[C@@H](CC(C)C)C(=O)N1. The number of esters is 1. The van der Waals surface area contributed by atoms with Gasteiger partial charge in [-0.15, -0.1) is 0 Å². The highest BCUT2D eigenvalue weighted by molar-refractivity contribution is 5.95. The number of nitrogens with one attached hydrogen (secondary N) is 4. The van der Waals surface area contributed by atoms with Gasteiger partial charge in [-0.3, -0.25) is 14.4 Å². The highest BCUT2D eigenvalue weighted by atomic mass is 16.6. The maximum atomic E-state index is 13.3. The lowest BCUT2D eigenvalue weighted by Crippen LogP contribution is -2.60. The summed E-state index contributed by atoms with van der Waals surface area (Å²) < 4.78 is 21.1. The highest BCUT2D eigenvalue weighted by Crippen LogP contribution is 2.10. The molecule has 0 aromatic carbocycles. The molecule has 1 aliphatic heterocycles. The van der Waals surface area contributed by atoms with Crippen molar-refractivity contribution in [2.75, 3.05) is 33.5 Å². The van der Waals surface area contributed by atoms with Crippen LogP contribution in [0.2, 0.25) is 0 Å². The minimum atomic E-state index is -1.16. The van der Waals surface area contributed by atoms with E-state index in [2.05, 4.69) is 21.3 Å². The van der Waals surface area contributed by atoms with Crippen LogP contribution in [0.4, 0.5) is 4.79 Å². The quantitative estimate of drug-likeness (QED) is 0.276. The number of amides is 4. The van der Waals surface area contributed by atoms with Gasteiger partial charge in [-0.25, -0.2) is 9.59 Å². The van der Waals surface area contributed by atoms with E-state index in [1.807, 2.05) is 13.8 Å². The zero-order valence-corrected chi connectivity index (χ0v) is 24.8. The predicted molar refractivity (Wildman–Crippen MR) is 146 cm³/mol. The molecule has 0 fully saturated rings. The first kappa shape index (κ1) is 34.8. The number of ether oxygens (including phenoxy) is 4. The average molecular weight is 571 g/mol. The highest BCUT2D eigenvalue weighted by Gasteiger charge is 2.33. The largest absolute Gasteiger partial charge is 0.467 e. The molecule has 1 rings (SSSR count). The van der Waals surface area contributed by atoms with E-state index in [9.17, 15) is 24.0 Å². The van der Waals surface area contributed by atoms with E-state index >= 15 is 0 Å². The van der Waals surface area contributed by atoms with E-state index in [-0.39, 0.29) is 44.7 Å². The first-order chi connectivity index (χ1) is 18.6. The maximum absolute atomic E-state index is 13.3. The van der Waals surface area contributed by atoms with Gasteiger partial charge in [-0.2, -0.15) is 0 Å². The molecule has 0 aliphatic carbocycles. The molecule has 0 saturated heterocycles. The van der Waals surface area contributed by atoms with Crippen LogP contribution in [-0.4, -0.2) is 93.1 Å². The molecule has 1 aliphatic rings. The van der Waals surface area contributed by atoms with Crippen molar-refractivity contribution in [3.05, 3.63) is 12.2 Å². The van der Waals surface area contributed by atoms with Crippen molar-refractivity contribution in [2.45, 2.75) is 84.7 Å². The summed E-state index contributed by atoms with van der Waals surface area (Å²) in [4.78, 5) is 64.4.